The number of hydrogen-bond donors (Lipinski definition) is 2. The first-order valence-corrected chi connectivity index (χ1v) is 10.4. The van der Waals surface area contributed by atoms with E-state index < -0.39 is 0 Å². The number of nitrogen functional groups attached to an aromatic ring is 1. The van der Waals surface area contributed by atoms with Crippen LogP contribution < -0.4 is 15.8 Å². The van der Waals surface area contributed by atoms with Crippen LogP contribution in [0.5, 0.6) is 5.75 Å². The lowest BCUT2D eigenvalue weighted by atomic mass is 9.96. The Morgan fingerprint density at radius 3 is 2.76 bits per heavy atom. The molecular formula is C24H26N4O. The predicted octanol–water partition coefficient (Wildman–Crippen LogP) is 4.68. The van der Waals surface area contributed by atoms with Gasteiger partial charge in [-0.05, 0) is 55.7 Å². The van der Waals surface area contributed by atoms with Crippen molar-refractivity contribution in [2.75, 3.05) is 18.8 Å². The molecule has 1 atom stereocenters. The Hall–Kier alpha value is -3.05. The summed E-state index contributed by atoms with van der Waals surface area (Å²) in [5, 5.41) is 4.60. The van der Waals surface area contributed by atoms with Crippen LogP contribution in [0, 0.1) is 0 Å². The number of allylic oxidation sites excluding steroid dienone is 4. The zero-order valence-electron chi connectivity index (χ0n) is 16.5. The van der Waals surface area contributed by atoms with Gasteiger partial charge in [0, 0.05) is 42.4 Å². The van der Waals surface area contributed by atoms with E-state index in [0.29, 0.717) is 11.9 Å². The molecule has 148 valence electrons. The Kier molecular flexibility index (Phi) is 4.82. The van der Waals surface area contributed by atoms with Gasteiger partial charge in [0.25, 0.3) is 0 Å². The molecule has 0 spiro atoms. The summed E-state index contributed by atoms with van der Waals surface area (Å²) in [4.78, 5) is 4.37. The Morgan fingerprint density at radius 1 is 1.10 bits per heavy atom. The molecule has 2 aromatic heterocycles. The maximum Gasteiger partial charge on any atom is 0.133 e. The van der Waals surface area contributed by atoms with Gasteiger partial charge in [0.15, 0.2) is 0 Å². The second-order valence-electron chi connectivity index (χ2n) is 7.78. The van der Waals surface area contributed by atoms with E-state index in [1.165, 1.54) is 29.5 Å². The Labute approximate surface area is 170 Å². The number of anilines is 1. The van der Waals surface area contributed by atoms with Gasteiger partial charge in [0.1, 0.15) is 17.3 Å². The molecule has 0 amide bonds. The summed E-state index contributed by atoms with van der Waals surface area (Å²) in [6, 6.07) is 12.5. The molecule has 0 saturated carbocycles. The highest BCUT2D eigenvalue weighted by Gasteiger charge is 2.22. The molecule has 2 aliphatic rings. The molecule has 3 N–H and O–H groups in total. The fraction of sp³-hybridized carbons (Fsp3) is 0.292. The maximum atomic E-state index is 6.33. The van der Waals surface area contributed by atoms with Crippen LogP contribution in [0.1, 0.15) is 37.3 Å². The highest BCUT2D eigenvalue weighted by atomic mass is 16.5. The molecule has 0 bridgehead atoms. The van der Waals surface area contributed by atoms with E-state index in [1.807, 2.05) is 36.5 Å². The van der Waals surface area contributed by atoms with E-state index in [9.17, 15) is 0 Å². The second-order valence-corrected chi connectivity index (χ2v) is 7.78. The largest absolute Gasteiger partial charge is 0.462 e. The normalized spacial score (nSPS) is 19.7. The highest BCUT2D eigenvalue weighted by molar-refractivity contribution is 6.00. The van der Waals surface area contributed by atoms with E-state index in [4.69, 9.17) is 10.5 Å². The van der Waals surface area contributed by atoms with Crippen LogP contribution in [-0.2, 0) is 0 Å². The van der Waals surface area contributed by atoms with Crippen LogP contribution in [0.15, 0.2) is 66.7 Å². The third-order valence-corrected chi connectivity index (χ3v) is 5.89. The van der Waals surface area contributed by atoms with Crippen LogP contribution in [-0.4, -0.2) is 22.6 Å². The highest BCUT2D eigenvalue weighted by Crippen LogP contribution is 2.37. The van der Waals surface area contributed by atoms with Gasteiger partial charge in [-0.2, -0.15) is 0 Å². The summed E-state index contributed by atoms with van der Waals surface area (Å²) in [6.45, 7) is 2.10. The van der Waals surface area contributed by atoms with Gasteiger partial charge < -0.3 is 20.4 Å². The molecular weight excluding hydrogens is 360 g/mol. The molecule has 5 nitrogen and oxygen atoms in total. The first-order valence-electron chi connectivity index (χ1n) is 10.4. The van der Waals surface area contributed by atoms with Crippen LogP contribution in [0.25, 0.3) is 16.5 Å². The number of pyridine rings is 1. The molecule has 3 heterocycles. The van der Waals surface area contributed by atoms with Crippen molar-refractivity contribution >= 4 is 22.3 Å². The molecule has 5 rings (SSSR count). The first kappa shape index (κ1) is 18.0. The number of piperidine rings is 1. The molecule has 1 saturated heterocycles. The average molecular weight is 386 g/mol. The zero-order chi connectivity index (χ0) is 19.6. The van der Waals surface area contributed by atoms with E-state index >= 15 is 0 Å². The summed E-state index contributed by atoms with van der Waals surface area (Å²) in [5.41, 5.74) is 10.00. The number of fused-ring (bicyclic) bond motifs is 1. The minimum Gasteiger partial charge on any atom is -0.462 e. The number of hydrogen-bond acceptors (Lipinski definition) is 4. The zero-order valence-corrected chi connectivity index (χ0v) is 16.5. The van der Waals surface area contributed by atoms with Crippen LogP contribution in [0.4, 0.5) is 5.82 Å². The minimum atomic E-state index is 0.457. The van der Waals surface area contributed by atoms with Gasteiger partial charge in [-0.1, -0.05) is 24.3 Å². The number of nitrogens with one attached hydrogen (secondary N) is 1. The van der Waals surface area contributed by atoms with Crippen LogP contribution >= 0.6 is 0 Å². The van der Waals surface area contributed by atoms with Crippen molar-refractivity contribution < 1.29 is 4.74 Å². The molecule has 1 aromatic carbocycles. The number of ether oxygens (including phenoxy) is 1. The topological polar surface area (TPSA) is 65.1 Å². The Morgan fingerprint density at radius 2 is 2.00 bits per heavy atom. The lowest BCUT2D eigenvalue weighted by Gasteiger charge is -2.25. The van der Waals surface area contributed by atoms with Gasteiger partial charge in [-0.3, -0.25) is 0 Å². The van der Waals surface area contributed by atoms with Crippen molar-refractivity contribution in [3.05, 3.63) is 72.3 Å². The van der Waals surface area contributed by atoms with Crippen molar-refractivity contribution in [1.82, 2.24) is 14.9 Å². The monoisotopic (exact) mass is 386 g/mol. The fourth-order valence-electron chi connectivity index (χ4n) is 4.42. The lowest BCUT2D eigenvalue weighted by molar-refractivity contribution is 0.379. The summed E-state index contributed by atoms with van der Waals surface area (Å²) in [7, 11) is 0. The molecule has 1 unspecified atom stereocenters. The maximum absolute atomic E-state index is 6.33. The second kappa shape index (κ2) is 7.76. The summed E-state index contributed by atoms with van der Waals surface area (Å²) >= 11 is 0. The van der Waals surface area contributed by atoms with Gasteiger partial charge >= 0.3 is 0 Å². The van der Waals surface area contributed by atoms with Crippen molar-refractivity contribution in [3.63, 3.8) is 0 Å². The number of aromatic nitrogens is 2. The number of benzene rings is 1. The third-order valence-electron chi connectivity index (χ3n) is 5.89. The third kappa shape index (κ3) is 3.54. The van der Waals surface area contributed by atoms with E-state index in [2.05, 4.69) is 39.3 Å². The average Bonchev–Trinajstić information content (AvgIpc) is 3.17. The molecule has 29 heavy (non-hydrogen) atoms. The summed E-state index contributed by atoms with van der Waals surface area (Å²) in [6.07, 6.45) is 12.5. The molecule has 0 radical (unpaired) electrons. The number of para-hydroxylation sites is 1. The molecule has 1 fully saturated rings. The summed E-state index contributed by atoms with van der Waals surface area (Å²) in [5.74, 6) is 2.48. The quantitative estimate of drug-likeness (QED) is 0.683. The van der Waals surface area contributed by atoms with E-state index in [1.54, 1.807) is 0 Å². The molecule has 1 aliphatic carbocycles. The fourth-order valence-corrected chi connectivity index (χ4v) is 4.42. The predicted molar refractivity (Wildman–Crippen MR) is 118 cm³/mol. The van der Waals surface area contributed by atoms with Crippen LogP contribution in [0.2, 0.25) is 0 Å². The SMILES string of the molecule is Nc1nccc2c1c(C1=CC=C(Oc3ccccc3)CC1)cn2C1CCCNC1. The standard InChI is InChI=1S/C24H26N4O/c25-24-23-21(16-28(22(23)12-14-27-24)18-5-4-13-26-15-18)17-8-10-20(11-9-17)29-19-6-2-1-3-7-19/h1-3,6-8,10,12,14,16,18,26H,4-5,9,11,13,15H2,(H2,25,27). The number of nitrogens with zero attached hydrogens (tertiary/aromatic N) is 2. The Balaban J connectivity index is 1.50. The number of rotatable bonds is 4. The van der Waals surface area contributed by atoms with Crippen molar-refractivity contribution in [3.8, 4) is 5.75 Å². The van der Waals surface area contributed by atoms with Gasteiger partial charge in [0.2, 0.25) is 0 Å². The van der Waals surface area contributed by atoms with Crippen molar-refractivity contribution in [2.24, 2.45) is 0 Å². The van der Waals surface area contributed by atoms with Gasteiger partial charge in [-0.25, -0.2) is 4.98 Å². The Bertz CT molecular complexity index is 1070. The van der Waals surface area contributed by atoms with Crippen molar-refractivity contribution in [1.29, 1.82) is 0 Å². The smallest absolute Gasteiger partial charge is 0.133 e. The van der Waals surface area contributed by atoms with Crippen LogP contribution in [0.3, 0.4) is 0 Å². The van der Waals surface area contributed by atoms with E-state index in [-0.39, 0.29) is 0 Å². The molecule has 1 aliphatic heterocycles. The molecule has 5 heteroatoms. The van der Waals surface area contributed by atoms with Crippen molar-refractivity contribution in [2.45, 2.75) is 31.7 Å². The lowest BCUT2D eigenvalue weighted by Crippen LogP contribution is -2.31. The minimum absolute atomic E-state index is 0.457. The summed E-state index contributed by atoms with van der Waals surface area (Å²) < 4.78 is 8.42. The number of nitrogens with two attached hydrogens (primary N) is 1. The first-order chi connectivity index (χ1) is 14.3. The van der Waals surface area contributed by atoms with Gasteiger partial charge in [-0.15, -0.1) is 0 Å². The van der Waals surface area contributed by atoms with Gasteiger partial charge in [0.05, 0.1) is 5.52 Å². The molecule has 3 aromatic rings. The van der Waals surface area contributed by atoms with E-state index in [0.717, 1.165) is 42.8 Å².